The van der Waals surface area contributed by atoms with Crippen molar-refractivity contribution >= 4 is 0 Å². The Hall–Kier alpha value is -0.120. The van der Waals surface area contributed by atoms with Gasteiger partial charge >= 0.3 is 0 Å². The number of rotatable bonds is 5. The van der Waals surface area contributed by atoms with Crippen LogP contribution in [0.5, 0.6) is 0 Å². The molecule has 0 aromatic rings. The van der Waals surface area contributed by atoms with E-state index in [1.165, 1.54) is 12.8 Å². The fourth-order valence-electron chi connectivity index (χ4n) is 1.85. The minimum Gasteiger partial charge on any atom is -0.390 e. The van der Waals surface area contributed by atoms with Gasteiger partial charge in [0.25, 0.3) is 0 Å². The molecule has 3 nitrogen and oxygen atoms in total. The van der Waals surface area contributed by atoms with Gasteiger partial charge in [0.1, 0.15) is 0 Å². The van der Waals surface area contributed by atoms with Crippen LogP contribution in [-0.4, -0.2) is 37.1 Å². The van der Waals surface area contributed by atoms with Crippen LogP contribution in [0.4, 0.5) is 0 Å². The first-order valence-corrected chi connectivity index (χ1v) is 5.72. The summed E-state index contributed by atoms with van der Waals surface area (Å²) in [7, 11) is 0. The summed E-state index contributed by atoms with van der Waals surface area (Å²) in [6.07, 6.45) is 5.19. The number of aliphatic hydroxyl groups is 1. The SMILES string of the molecule is CCOCCOC1CCCCCC1O. The molecule has 0 bridgehead atoms. The van der Waals surface area contributed by atoms with E-state index in [9.17, 15) is 5.11 Å². The molecule has 0 saturated heterocycles. The molecule has 0 aromatic heterocycles. The van der Waals surface area contributed by atoms with E-state index in [0.29, 0.717) is 13.2 Å². The molecule has 1 rings (SSSR count). The Kier molecular flexibility index (Phi) is 6.15. The maximum Gasteiger partial charge on any atom is 0.0835 e. The summed E-state index contributed by atoms with van der Waals surface area (Å²) in [5.41, 5.74) is 0. The van der Waals surface area contributed by atoms with Gasteiger partial charge in [-0.25, -0.2) is 0 Å². The third kappa shape index (κ3) is 4.40. The van der Waals surface area contributed by atoms with Crippen molar-refractivity contribution in [1.82, 2.24) is 0 Å². The van der Waals surface area contributed by atoms with Crippen molar-refractivity contribution in [3.05, 3.63) is 0 Å². The van der Waals surface area contributed by atoms with E-state index in [1.54, 1.807) is 0 Å². The van der Waals surface area contributed by atoms with Crippen LogP contribution < -0.4 is 0 Å². The molecule has 14 heavy (non-hydrogen) atoms. The molecule has 1 aliphatic rings. The van der Waals surface area contributed by atoms with E-state index in [-0.39, 0.29) is 12.2 Å². The van der Waals surface area contributed by atoms with Crippen LogP contribution in [0.1, 0.15) is 39.0 Å². The van der Waals surface area contributed by atoms with Gasteiger partial charge in [0.05, 0.1) is 25.4 Å². The normalized spacial score (nSPS) is 28.7. The first-order valence-electron chi connectivity index (χ1n) is 5.72. The van der Waals surface area contributed by atoms with E-state index in [0.717, 1.165) is 25.9 Å². The monoisotopic (exact) mass is 202 g/mol. The average Bonchev–Trinajstić information content (AvgIpc) is 2.39. The summed E-state index contributed by atoms with van der Waals surface area (Å²) in [6, 6.07) is 0. The zero-order valence-electron chi connectivity index (χ0n) is 9.08. The minimum atomic E-state index is -0.265. The van der Waals surface area contributed by atoms with Crippen LogP contribution in [0.25, 0.3) is 0 Å². The molecule has 2 atom stereocenters. The highest BCUT2D eigenvalue weighted by Crippen LogP contribution is 2.20. The van der Waals surface area contributed by atoms with Gasteiger partial charge in [-0.1, -0.05) is 19.3 Å². The summed E-state index contributed by atoms with van der Waals surface area (Å²) < 4.78 is 10.8. The van der Waals surface area contributed by atoms with Crippen LogP contribution in [0.3, 0.4) is 0 Å². The summed E-state index contributed by atoms with van der Waals surface area (Å²) in [4.78, 5) is 0. The van der Waals surface area contributed by atoms with Crippen LogP contribution >= 0.6 is 0 Å². The van der Waals surface area contributed by atoms with Crippen molar-refractivity contribution in [2.24, 2.45) is 0 Å². The Morgan fingerprint density at radius 3 is 2.71 bits per heavy atom. The van der Waals surface area contributed by atoms with Gasteiger partial charge in [0, 0.05) is 6.61 Å². The summed E-state index contributed by atoms with van der Waals surface area (Å²) in [5.74, 6) is 0. The molecule has 0 radical (unpaired) electrons. The van der Waals surface area contributed by atoms with Crippen LogP contribution in [-0.2, 0) is 9.47 Å². The molecule has 0 spiro atoms. The summed E-state index contributed by atoms with van der Waals surface area (Å²) in [5, 5.41) is 9.74. The second kappa shape index (κ2) is 7.21. The molecule has 84 valence electrons. The third-order valence-electron chi connectivity index (χ3n) is 2.68. The second-order valence-electron chi connectivity index (χ2n) is 3.81. The molecule has 1 saturated carbocycles. The highest BCUT2D eigenvalue weighted by molar-refractivity contribution is 4.73. The maximum atomic E-state index is 9.74. The summed E-state index contributed by atoms with van der Waals surface area (Å²) in [6.45, 7) is 3.95. The fourth-order valence-corrected chi connectivity index (χ4v) is 1.85. The summed E-state index contributed by atoms with van der Waals surface area (Å²) >= 11 is 0. The van der Waals surface area contributed by atoms with Crippen LogP contribution in [0.2, 0.25) is 0 Å². The van der Waals surface area contributed by atoms with Crippen molar-refractivity contribution in [1.29, 1.82) is 0 Å². The van der Waals surface area contributed by atoms with Gasteiger partial charge < -0.3 is 14.6 Å². The largest absolute Gasteiger partial charge is 0.390 e. The lowest BCUT2D eigenvalue weighted by atomic mass is 10.1. The van der Waals surface area contributed by atoms with Gasteiger partial charge in [0.2, 0.25) is 0 Å². The lowest BCUT2D eigenvalue weighted by Gasteiger charge is -2.20. The molecular weight excluding hydrogens is 180 g/mol. The Labute approximate surface area is 86.4 Å². The number of aliphatic hydroxyl groups excluding tert-OH is 1. The Balaban J connectivity index is 2.13. The zero-order valence-corrected chi connectivity index (χ0v) is 9.08. The van der Waals surface area contributed by atoms with E-state index in [4.69, 9.17) is 9.47 Å². The van der Waals surface area contributed by atoms with Crippen molar-refractivity contribution in [2.75, 3.05) is 19.8 Å². The molecule has 0 amide bonds. The first-order chi connectivity index (χ1) is 6.84. The molecule has 0 aromatic carbocycles. The highest BCUT2D eigenvalue weighted by Gasteiger charge is 2.21. The quantitative estimate of drug-likeness (QED) is 0.545. The van der Waals surface area contributed by atoms with Crippen LogP contribution in [0, 0.1) is 0 Å². The molecular formula is C11H22O3. The Morgan fingerprint density at radius 2 is 1.93 bits per heavy atom. The minimum absolute atomic E-state index is 0.0398. The lowest BCUT2D eigenvalue weighted by Crippen LogP contribution is -2.29. The first kappa shape index (κ1) is 12.0. The Bertz CT molecular complexity index is 138. The van der Waals surface area contributed by atoms with Crippen molar-refractivity contribution in [3.8, 4) is 0 Å². The molecule has 0 aliphatic heterocycles. The maximum absolute atomic E-state index is 9.74. The molecule has 1 N–H and O–H groups in total. The van der Waals surface area contributed by atoms with E-state index in [2.05, 4.69) is 0 Å². The van der Waals surface area contributed by atoms with E-state index in [1.807, 2.05) is 6.92 Å². The van der Waals surface area contributed by atoms with Gasteiger partial charge in [-0.15, -0.1) is 0 Å². The topological polar surface area (TPSA) is 38.7 Å². The lowest BCUT2D eigenvalue weighted by molar-refractivity contribution is -0.0573. The fraction of sp³-hybridized carbons (Fsp3) is 1.00. The molecule has 1 fully saturated rings. The second-order valence-corrected chi connectivity index (χ2v) is 3.81. The zero-order chi connectivity index (χ0) is 10.2. The number of ether oxygens (including phenoxy) is 2. The molecule has 0 heterocycles. The number of hydrogen-bond acceptors (Lipinski definition) is 3. The molecule has 1 aliphatic carbocycles. The molecule has 2 unspecified atom stereocenters. The van der Waals surface area contributed by atoms with Crippen molar-refractivity contribution < 1.29 is 14.6 Å². The van der Waals surface area contributed by atoms with Gasteiger partial charge in [-0.05, 0) is 19.8 Å². The molecule has 3 heteroatoms. The van der Waals surface area contributed by atoms with E-state index >= 15 is 0 Å². The van der Waals surface area contributed by atoms with Gasteiger partial charge in [0.15, 0.2) is 0 Å². The Morgan fingerprint density at radius 1 is 1.14 bits per heavy atom. The van der Waals surface area contributed by atoms with Crippen molar-refractivity contribution in [3.63, 3.8) is 0 Å². The van der Waals surface area contributed by atoms with Crippen molar-refractivity contribution in [2.45, 2.75) is 51.2 Å². The standard InChI is InChI=1S/C11H22O3/c1-2-13-8-9-14-11-7-5-3-4-6-10(11)12/h10-12H,2-9H2,1H3. The predicted octanol–water partition coefficient (Wildman–Crippen LogP) is 1.73. The van der Waals surface area contributed by atoms with Gasteiger partial charge in [-0.3, -0.25) is 0 Å². The predicted molar refractivity (Wildman–Crippen MR) is 55.3 cm³/mol. The van der Waals surface area contributed by atoms with E-state index < -0.39 is 0 Å². The number of hydrogen-bond donors (Lipinski definition) is 1. The van der Waals surface area contributed by atoms with Crippen LogP contribution in [0.15, 0.2) is 0 Å². The third-order valence-corrected chi connectivity index (χ3v) is 2.68. The average molecular weight is 202 g/mol. The smallest absolute Gasteiger partial charge is 0.0835 e. The highest BCUT2D eigenvalue weighted by atomic mass is 16.5. The van der Waals surface area contributed by atoms with Gasteiger partial charge in [-0.2, -0.15) is 0 Å².